The molecule has 1 aromatic heterocycles. The number of carbonyl (C=O) groups is 2. The van der Waals surface area contributed by atoms with E-state index in [0.29, 0.717) is 12.2 Å². The molecule has 0 radical (unpaired) electrons. The summed E-state index contributed by atoms with van der Waals surface area (Å²) in [6, 6.07) is 1.60. The molecular weight excluding hydrogens is 340 g/mol. The summed E-state index contributed by atoms with van der Waals surface area (Å²) in [6.45, 7) is 0.0293. The number of carboxylic acid groups (broad SMARTS) is 1. The summed E-state index contributed by atoms with van der Waals surface area (Å²) in [6.07, 6.45) is 1.87. The first-order chi connectivity index (χ1) is 11.2. The van der Waals surface area contributed by atoms with Gasteiger partial charge in [-0.2, -0.15) is 9.40 Å². The monoisotopic (exact) mass is 360 g/mol. The van der Waals surface area contributed by atoms with Crippen molar-refractivity contribution >= 4 is 21.9 Å². The molecular formula is C13H20N4O6S. The molecule has 2 heterocycles. The van der Waals surface area contributed by atoms with Crippen LogP contribution in [0.5, 0.6) is 0 Å². The molecule has 11 heteroatoms. The van der Waals surface area contributed by atoms with Crippen LogP contribution in [0.4, 0.5) is 0 Å². The summed E-state index contributed by atoms with van der Waals surface area (Å²) in [4.78, 5) is 24.9. The van der Waals surface area contributed by atoms with Gasteiger partial charge in [0.1, 0.15) is 12.2 Å². The number of nitrogens with zero attached hydrogens (tertiary/aromatic N) is 4. The smallest absolute Gasteiger partial charge is 0.318 e. The van der Waals surface area contributed by atoms with Crippen LogP contribution < -0.4 is 0 Å². The average Bonchev–Trinajstić information content (AvgIpc) is 2.91. The number of carbonyl (C=O) groups excluding carboxylic acids is 1. The number of ether oxygens (including phenoxy) is 1. The number of carboxylic acids is 1. The predicted molar refractivity (Wildman–Crippen MR) is 82.9 cm³/mol. The van der Waals surface area contributed by atoms with Crippen molar-refractivity contribution in [3.8, 4) is 0 Å². The van der Waals surface area contributed by atoms with Crippen LogP contribution in [0.25, 0.3) is 0 Å². The van der Waals surface area contributed by atoms with E-state index < -0.39 is 28.6 Å². The normalized spacial score (nSPS) is 18.8. The van der Waals surface area contributed by atoms with Crippen molar-refractivity contribution < 1.29 is 27.9 Å². The number of aromatic nitrogens is 2. The molecule has 134 valence electrons. The fourth-order valence-corrected chi connectivity index (χ4v) is 3.24. The molecule has 1 aromatic rings. The summed E-state index contributed by atoms with van der Waals surface area (Å²) in [5.41, 5.74) is 0.418. The quantitative estimate of drug-likeness (QED) is 0.662. The standard InChI is InChI=1S/C13H20N4O6S/c1-15-11(3-4-14-15)13(20)16-5-6-23-10(7-16)8-17(9-12(18)19)24(2,21)22/h3-4,10H,5-9H2,1-2H3,(H,18,19). The molecule has 10 nitrogen and oxygen atoms in total. The van der Waals surface area contributed by atoms with Gasteiger partial charge >= 0.3 is 5.97 Å². The maximum Gasteiger partial charge on any atom is 0.318 e. The van der Waals surface area contributed by atoms with E-state index in [9.17, 15) is 18.0 Å². The summed E-state index contributed by atoms with van der Waals surface area (Å²) < 4.78 is 31.2. The third kappa shape index (κ3) is 4.52. The van der Waals surface area contributed by atoms with Gasteiger partial charge in [-0.05, 0) is 6.07 Å². The first-order valence-electron chi connectivity index (χ1n) is 7.24. The zero-order valence-electron chi connectivity index (χ0n) is 13.5. The zero-order valence-corrected chi connectivity index (χ0v) is 14.3. The lowest BCUT2D eigenvalue weighted by Crippen LogP contribution is -2.51. The van der Waals surface area contributed by atoms with Crippen LogP contribution in [0.15, 0.2) is 12.3 Å². The average molecular weight is 360 g/mol. The van der Waals surface area contributed by atoms with Gasteiger partial charge in [-0.15, -0.1) is 0 Å². The van der Waals surface area contributed by atoms with Crippen molar-refractivity contribution in [1.29, 1.82) is 0 Å². The Labute approximate surface area is 139 Å². The third-order valence-corrected chi connectivity index (χ3v) is 4.87. The SMILES string of the molecule is Cn1nccc1C(=O)N1CCOC(CN(CC(=O)O)S(C)(=O)=O)C1. The van der Waals surface area contributed by atoms with E-state index in [1.165, 1.54) is 10.9 Å². The van der Waals surface area contributed by atoms with Crippen LogP contribution in [-0.4, -0.2) is 89.5 Å². The molecule has 1 aliphatic rings. The summed E-state index contributed by atoms with van der Waals surface area (Å²) in [5, 5.41) is 12.8. The lowest BCUT2D eigenvalue weighted by molar-refractivity contribution is -0.137. The number of aliphatic carboxylic acids is 1. The molecule has 0 aromatic carbocycles. The second-order valence-electron chi connectivity index (χ2n) is 5.53. The van der Waals surface area contributed by atoms with Crippen molar-refractivity contribution in [3.63, 3.8) is 0 Å². The minimum absolute atomic E-state index is 0.125. The zero-order chi connectivity index (χ0) is 17.9. The van der Waals surface area contributed by atoms with E-state index in [1.807, 2.05) is 0 Å². The van der Waals surface area contributed by atoms with Crippen molar-refractivity contribution in [2.45, 2.75) is 6.10 Å². The van der Waals surface area contributed by atoms with Gasteiger partial charge in [0, 0.05) is 32.9 Å². The van der Waals surface area contributed by atoms with Crippen LogP contribution in [-0.2, 0) is 26.6 Å². The molecule has 1 fully saturated rings. The summed E-state index contributed by atoms with van der Waals surface area (Å²) in [7, 11) is -2.04. The van der Waals surface area contributed by atoms with E-state index in [-0.39, 0.29) is 25.6 Å². The maximum atomic E-state index is 12.5. The molecule has 0 spiro atoms. The lowest BCUT2D eigenvalue weighted by Gasteiger charge is -2.34. The number of amides is 1. The van der Waals surface area contributed by atoms with E-state index in [2.05, 4.69) is 5.10 Å². The third-order valence-electron chi connectivity index (χ3n) is 3.65. The molecule has 1 aliphatic heterocycles. The van der Waals surface area contributed by atoms with Gasteiger partial charge in [0.05, 0.1) is 19.0 Å². The van der Waals surface area contributed by atoms with E-state index in [0.717, 1.165) is 10.6 Å². The van der Waals surface area contributed by atoms with Gasteiger partial charge in [0.2, 0.25) is 10.0 Å². The highest BCUT2D eigenvalue weighted by Gasteiger charge is 2.30. The highest BCUT2D eigenvalue weighted by atomic mass is 32.2. The van der Waals surface area contributed by atoms with E-state index in [1.54, 1.807) is 18.0 Å². The highest BCUT2D eigenvalue weighted by Crippen LogP contribution is 2.12. The van der Waals surface area contributed by atoms with Crippen LogP contribution in [0, 0.1) is 0 Å². The van der Waals surface area contributed by atoms with Gasteiger partial charge in [-0.1, -0.05) is 0 Å². The molecule has 1 unspecified atom stereocenters. The van der Waals surface area contributed by atoms with Crippen molar-refractivity contribution in [1.82, 2.24) is 19.0 Å². The molecule has 24 heavy (non-hydrogen) atoms. The fourth-order valence-electron chi connectivity index (χ4n) is 2.46. The Bertz CT molecular complexity index is 716. The molecule has 2 rings (SSSR count). The number of aryl methyl sites for hydroxylation is 1. The van der Waals surface area contributed by atoms with E-state index in [4.69, 9.17) is 9.84 Å². The van der Waals surface area contributed by atoms with E-state index >= 15 is 0 Å². The number of morpholine rings is 1. The number of sulfonamides is 1. The maximum absolute atomic E-state index is 12.5. The van der Waals surface area contributed by atoms with Gasteiger partial charge in [-0.25, -0.2) is 8.42 Å². The first-order valence-corrected chi connectivity index (χ1v) is 9.09. The van der Waals surface area contributed by atoms with Crippen molar-refractivity contribution in [3.05, 3.63) is 18.0 Å². The second-order valence-corrected chi connectivity index (χ2v) is 7.52. The van der Waals surface area contributed by atoms with Gasteiger partial charge < -0.3 is 14.7 Å². The predicted octanol–water partition coefficient (Wildman–Crippen LogP) is -1.39. The molecule has 0 aliphatic carbocycles. The van der Waals surface area contributed by atoms with Gasteiger partial charge in [-0.3, -0.25) is 14.3 Å². The highest BCUT2D eigenvalue weighted by molar-refractivity contribution is 7.88. The van der Waals surface area contributed by atoms with Crippen LogP contribution >= 0.6 is 0 Å². The Morgan fingerprint density at radius 2 is 2.21 bits per heavy atom. The van der Waals surface area contributed by atoms with Gasteiger partial charge in [0.25, 0.3) is 5.91 Å². The topological polar surface area (TPSA) is 122 Å². The Hall–Kier alpha value is -1.98. The van der Waals surface area contributed by atoms with Crippen molar-refractivity contribution in [2.75, 3.05) is 39.0 Å². The second kappa shape index (κ2) is 7.28. The molecule has 1 amide bonds. The largest absolute Gasteiger partial charge is 0.480 e. The minimum Gasteiger partial charge on any atom is -0.480 e. The Morgan fingerprint density at radius 1 is 1.50 bits per heavy atom. The van der Waals surface area contributed by atoms with Crippen LogP contribution in [0.1, 0.15) is 10.5 Å². The Balaban J connectivity index is 2.05. The van der Waals surface area contributed by atoms with Crippen LogP contribution in [0.2, 0.25) is 0 Å². The summed E-state index contributed by atoms with van der Waals surface area (Å²) in [5.74, 6) is -1.48. The van der Waals surface area contributed by atoms with Crippen molar-refractivity contribution in [2.24, 2.45) is 7.05 Å². The van der Waals surface area contributed by atoms with Crippen LogP contribution in [0.3, 0.4) is 0 Å². The van der Waals surface area contributed by atoms with Gasteiger partial charge in [0.15, 0.2) is 0 Å². The lowest BCUT2D eigenvalue weighted by atomic mass is 10.2. The Kier molecular flexibility index (Phi) is 5.57. The molecule has 0 bridgehead atoms. The molecule has 1 saturated heterocycles. The number of hydrogen-bond acceptors (Lipinski definition) is 6. The minimum atomic E-state index is -3.69. The molecule has 1 atom stereocenters. The first kappa shape index (κ1) is 18.4. The summed E-state index contributed by atoms with van der Waals surface area (Å²) >= 11 is 0. The molecule has 1 N–H and O–H groups in total. The Morgan fingerprint density at radius 3 is 2.75 bits per heavy atom. The molecule has 0 saturated carbocycles. The number of hydrogen-bond donors (Lipinski definition) is 1. The number of rotatable bonds is 6. The fraction of sp³-hybridized carbons (Fsp3) is 0.615.